The molecule has 0 atom stereocenters. The van der Waals surface area contributed by atoms with Crippen LogP contribution in [0, 0.1) is 5.41 Å². The molecule has 0 radical (unpaired) electrons. The third-order valence-electron chi connectivity index (χ3n) is 5.28. The summed E-state index contributed by atoms with van der Waals surface area (Å²) in [6, 6.07) is 0. The third-order valence-corrected chi connectivity index (χ3v) is 5.28. The van der Waals surface area contributed by atoms with Crippen LogP contribution in [0.5, 0.6) is 0 Å². The van der Waals surface area contributed by atoms with Crippen molar-refractivity contribution < 1.29 is 57.4 Å². The zero-order valence-corrected chi connectivity index (χ0v) is 24.0. The summed E-state index contributed by atoms with van der Waals surface area (Å²) in [5, 5.41) is 8.94. The number of hydrogen-bond acceptors (Lipinski definition) is 14. The second-order valence-corrected chi connectivity index (χ2v) is 9.19. The summed E-state index contributed by atoms with van der Waals surface area (Å²) in [5.41, 5.74) is 15.2. The van der Waals surface area contributed by atoms with Crippen LogP contribution in [0.15, 0.2) is 0 Å². The van der Waals surface area contributed by atoms with Gasteiger partial charge < -0.3 is 55.5 Å². The predicted molar refractivity (Wildman–Crippen MR) is 146 cm³/mol. The highest BCUT2D eigenvalue weighted by atomic mass is 16.6. The smallest absolute Gasteiger partial charge is 0.308 e. The molecule has 0 aromatic carbocycles. The Morgan fingerprint density at radius 1 is 0.488 bits per heavy atom. The maximum Gasteiger partial charge on any atom is 0.308 e. The maximum absolute atomic E-state index is 11.9. The lowest BCUT2D eigenvalue weighted by Crippen LogP contribution is -2.42. The lowest BCUT2D eigenvalue weighted by atomic mass is 9.92. The minimum Gasteiger partial charge on any atom is -0.481 e. The Kier molecular flexibility index (Phi) is 24.9. The molecule has 0 spiro atoms. The summed E-state index contributed by atoms with van der Waals surface area (Å²) in [4.78, 5) is 46.6. The fourth-order valence-corrected chi connectivity index (χ4v) is 3.06. The van der Waals surface area contributed by atoms with Crippen molar-refractivity contribution in [1.29, 1.82) is 0 Å². The Bertz CT molecular complexity index is 637. The lowest BCUT2D eigenvalue weighted by molar-refractivity contribution is -0.147. The van der Waals surface area contributed by atoms with E-state index >= 15 is 0 Å². The second kappa shape index (κ2) is 26.5. The van der Waals surface area contributed by atoms with E-state index < -0.39 is 29.3 Å². The molecule has 7 N–H and O–H groups in total. The molecule has 0 bridgehead atoms. The quantitative estimate of drug-likeness (QED) is 0.0478. The van der Waals surface area contributed by atoms with Crippen LogP contribution in [0.25, 0.3) is 0 Å². The highest BCUT2D eigenvalue weighted by Crippen LogP contribution is 2.21. The summed E-state index contributed by atoms with van der Waals surface area (Å²) < 4.78 is 38.0. The molecule has 0 aromatic rings. The fraction of sp³-hybridized carbons (Fsp3) is 0.846. The van der Waals surface area contributed by atoms with E-state index in [0.717, 1.165) is 0 Å². The van der Waals surface area contributed by atoms with E-state index in [1.165, 1.54) is 0 Å². The number of aliphatic carboxylic acids is 1. The Morgan fingerprint density at radius 2 is 0.780 bits per heavy atom. The van der Waals surface area contributed by atoms with E-state index in [1.54, 1.807) is 0 Å². The Hall–Kier alpha value is -2.40. The van der Waals surface area contributed by atoms with Crippen molar-refractivity contribution >= 4 is 23.9 Å². The molecular weight excluding hydrogens is 546 g/mol. The van der Waals surface area contributed by atoms with Gasteiger partial charge in [0.1, 0.15) is 0 Å². The first kappa shape index (κ1) is 38.6. The van der Waals surface area contributed by atoms with Gasteiger partial charge in [0.05, 0.1) is 104 Å². The van der Waals surface area contributed by atoms with Crippen molar-refractivity contribution in [1.82, 2.24) is 0 Å². The highest BCUT2D eigenvalue weighted by Gasteiger charge is 2.33. The molecule has 41 heavy (non-hydrogen) atoms. The first-order valence-corrected chi connectivity index (χ1v) is 13.9. The molecule has 0 aliphatic heterocycles. The summed E-state index contributed by atoms with van der Waals surface area (Å²) in [7, 11) is 0. The largest absolute Gasteiger partial charge is 0.481 e. The molecule has 0 aromatic heterocycles. The number of carboxylic acids is 1. The lowest BCUT2D eigenvalue weighted by Gasteiger charge is -2.33. The molecule has 15 heteroatoms. The van der Waals surface area contributed by atoms with Gasteiger partial charge in [-0.25, -0.2) is 0 Å². The maximum atomic E-state index is 11.9. The number of ether oxygens (including phenoxy) is 7. The van der Waals surface area contributed by atoms with E-state index in [1.807, 2.05) is 0 Å². The molecular formula is C26H49N3O12. The van der Waals surface area contributed by atoms with Gasteiger partial charge in [-0.2, -0.15) is 0 Å². The van der Waals surface area contributed by atoms with Gasteiger partial charge in [-0.1, -0.05) is 0 Å². The summed E-state index contributed by atoms with van der Waals surface area (Å²) in [5.74, 6) is -2.32. The van der Waals surface area contributed by atoms with Crippen LogP contribution in [0.3, 0.4) is 0 Å². The Balaban J connectivity index is 5.13. The molecule has 240 valence electrons. The van der Waals surface area contributed by atoms with Crippen LogP contribution in [-0.2, 0) is 52.3 Å². The molecule has 0 aliphatic rings. The second-order valence-electron chi connectivity index (χ2n) is 9.19. The molecule has 0 unspecified atom stereocenters. The van der Waals surface area contributed by atoms with E-state index in [9.17, 15) is 19.2 Å². The van der Waals surface area contributed by atoms with Gasteiger partial charge in [-0.3, -0.25) is 19.2 Å². The Morgan fingerprint density at radius 3 is 1.05 bits per heavy atom. The molecule has 0 saturated heterocycles. The van der Waals surface area contributed by atoms with Crippen LogP contribution in [0.2, 0.25) is 0 Å². The van der Waals surface area contributed by atoms with Crippen molar-refractivity contribution in [2.75, 3.05) is 92.3 Å². The number of carboxylic acid groups (broad SMARTS) is 1. The topological polar surface area (TPSA) is 231 Å². The Labute approximate surface area is 241 Å². The van der Waals surface area contributed by atoms with Crippen molar-refractivity contribution in [2.45, 2.75) is 44.9 Å². The minimum absolute atomic E-state index is 0.00547. The number of hydrogen-bond donors (Lipinski definition) is 4. The fourth-order valence-electron chi connectivity index (χ4n) is 3.06. The van der Waals surface area contributed by atoms with Crippen LogP contribution >= 0.6 is 0 Å². The van der Waals surface area contributed by atoms with Crippen LogP contribution in [-0.4, -0.2) is 121 Å². The summed E-state index contributed by atoms with van der Waals surface area (Å²) in [6.45, 7) is 1.98. The molecule has 0 aliphatic carbocycles. The van der Waals surface area contributed by atoms with Crippen molar-refractivity contribution in [3.63, 3.8) is 0 Å². The number of carbonyl (C=O) groups excluding carboxylic acids is 3. The highest BCUT2D eigenvalue weighted by molar-refractivity contribution is 5.70. The monoisotopic (exact) mass is 595 g/mol. The van der Waals surface area contributed by atoms with Crippen molar-refractivity contribution in [2.24, 2.45) is 22.6 Å². The van der Waals surface area contributed by atoms with Gasteiger partial charge in [0.15, 0.2) is 0 Å². The normalized spacial score (nSPS) is 11.3. The zero-order chi connectivity index (χ0) is 30.6. The minimum atomic E-state index is -1.02. The van der Waals surface area contributed by atoms with E-state index in [4.69, 9.17) is 55.5 Å². The molecule has 0 heterocycles. The summed E-state index contributed by atoms with van der Waals surface area (Å²) >= 11 is 0. The number of esters is 3. The SMILES string of the molecule is NCCCOC(=O)CCOCC(COCCC(=O)O)(COCCC(=O)OCCCN)COCCC(=O)OCCCN. The number of carbonyl (C=O) groups is 4. The van der Waals surface area contributed by atoms with Gasteiger partial charge in [-0.15, -0.1) is 0 Å². The first-order valence-electron chi connectivity index (χ1n) is 13.9. The van der Waals surface area contributed by atoms with Crippen molar-refractivity contribution in [3.8, 4) is 0 Å². The van der Waals surface area contributed by atoms with Gasteiger partial charge in [0, 0.05) is 0 Å². The molecule has 0 fully saturated rings. The number of rotatable bonds is 29. The summed E-state index contributed by atoms with van der Waals surface area (Å²) in [6.07, 6.45) is 1.47. The van der Waals surface area contributed by atoms with E-state index in [-0.39, 0.29) is 98.4 Å². The molecule has 0 rings (SSSR count). The predicted octanol–water partition coefficient (Wildman–Crippen LogP) is -0.640. The molecule has 0 amide bonds. The van der Waals surface area contributed by atoms with Gasteiger partial charge in [-0.05, 0) is 38.9 Å². The zero-order valence-electron chi connectivity index (χ0n) is 24.0. The third kappa shape index (κ3) is 24.0. The average molecular weight is 596 g/mol. The average Bonchev–Trinajstić information content (AvgIpc) is 2.94. The van der Waals surface area contributed by atoms with E-state index in [0.29, 0.717) is 38.9 Å². The van der Waals surface area contributed by atoms with E-state index in [2.05, 4.69) is 0 Å². The van der Waals surface area contributed by atoms with Crippen molar-refractivity contribution in [3.05, 3.63) is 0 Å². The van der Waals surface area contributed by atoms with Gasteiger partial charge >= 0.3 is 23.9 Å². The van der Waals surface area contributed by atoms with Crippen LogP contribution in [0.4, 0.5) is 0 Å². The van der Waals surface area contributed by atoms with Gasteiger partial charge in [0.2, 0.25) is 0 Å². The first-order chi connectivity index (χ1) is 19.8. The van der Waals surface area contributed by atoms with Crippen LogP contribution in [0.1, 0.15) is 44.9 Å². The number of nitrogens with two attached hydrogens (primary N) is 3. The molecule has 15 nitrogen and oxygen atoms in total. The molecule has 0 saturated carbocycles. The van der Waals surface area contributed by atoms with Crippen LogP contribution < -0.4 is 17.2 Å². The standard InChI is InChI=1S/C26H49N3O12/c27-8-1-11-39-23(32)5-15-36-19-26(18-35-14-4-22(30)31,20-37-16-6-24(33)40-12-2-9-28)21-38-17-7-25(34)41-13-3-10-29/h1-21,27-29H2,(H,30,31). The van der Waals surface area contributed by atoms with Gasteiger partial charge in [0.25, 0.3) is 0 Å².